The van der Waals surface area contributed by atoms with Gasteiger partial charge in [-0.2, -0.15) is 5.10 Å². The molecule has 0 aliphatic heterocycles. The Labute approximate surface area is 159 Å². The summed E-state index contributed by atoms with van der Waals surface area (Å²) in [5.74, 6) is -0.638. The summed E-state index contributed by atoms with van der Waals surface area (Å²) in [4.78, 5) is 26.0. The molecule has 0 aliphatic carbocycles. The van der Waals surface area contributed by atoms with Crippen molar-refractivity contribution in [2.24, 2.45) is 5.73 Å². The fourth-order valence-corrected chi connectivity index (χ4v) is 3.26. The van der Waals surface area contributed by atoms with Crippen LogP contribution in [0.3, 0.4) is 0 Å². The Kier molecular flexibility index (Phi) is 4.03. The van der Waals surface area contributed by atoms with Gasteiger partial charge in [-0.05, 0) is 37.6 Å². The lowest BCUT2D eigenvalue weighted by molar-refractivity contribution is 0.100. The van der Waals surface area contributed by atoms with E-state index in [9.17, 15) is 14.7 Å². The Morgan fingerprint density at radius 1 is 1.25 bits per heavy atom. The van der Waals surface area contributed by atoms with Gasteiger partial charge in [0.2, 0.25) is 0 Å². The van der Waals surface area contributed by atoms with Crippen LogP contribution in [-0.4, -0.2) is 31.7 Å². The van der Waals surface area contributed by atoms with Crippen LogP contribution in [0.25, 0.3) is 27.5 Å². The maximum atomic E-state index is 11.8. The molecule has 0 spiro atoms. The van der Waals surface area contributed by atoms with Gasteiger partial charge in [0.15, 0.2) is 0 Å². The minimum absolute atomic E-state index is 0.0827. The van der Waals surface area contributed by atoms with Gasteiger partial charge in [-0.15, -0.1) is 0 Å². The summed E-state index contributed by atoms with van der Waals surface area (Å²) in [5.41, 5.74) is 9.02. The Bertz CT molecular complexity index is 1290. The molecule has 0 saturated carbocycles. The maximum Gasteiger partial charge on any atom is 0.252 e. The van der Waals surface area contributed by atoms with E-state index in [1.165, 1.54) is 6.20 Å². The summed E-state index contributed by atoms with van der Waals surface area (Å²) < 4.78 is 1.67. The first kappa shape index (κ1) is 17.6. The van der Waals surface area contributed by atoms with Crippen molar-refractivity contribution in [1.82, 2.24) is 14.6 Å². The first-order valence-electron chi connectivity index (χ1n) is 8.77. The molecular weight excluding hydrogens is 358 g/mol. The normalized spacial score (nSPS) is 11.4. The van der Waals surface area contributed by atoms with Crippen molar-refractivity contribution in [3.8, 4) is 16.9 Å². The fraction of sp³-hybridized carbons (Fsp3) is 0.150. The lowest BCUT2D eigenvalue weighted by Gasteiger charge is -2.14. The summed E-state index contributed by atoms with van der Waals surface area (Å²) in [7, 11) is 0. The van der Waals surface area contributed by atoms with Crippen LogP contribution >= 0.6 is 0 Å². The summed E-state index contributed by atoms with van der Waals surface area (Å²) in [6, 6.07) is 8.51. The van der Waals surface area contributed by atoms with E-state index in [1.54, 1.807) is 16.6 Å². The molecule has 5 N–H and O–H groups in total. The zero-order valence-corrected chi connectivity index (χ0v) is 15.4. The van der Waals surface area contributed by atoms with Crippen LogP contribution in [0.4, 0.5) is 5.69 Å². The number of nitrogens with one attached hydrogen (secondary N) is 2. The summed E-state index contributed by atoms with van der Waals surface area (Å²) >= 11 is 0. The zero-order chi connectivity index (χ0) is 20.0. The van der Waals surface area contributed by atoms with Crippen molar-refractivity contribution < 1.29 is 9.90 Å². The number of nitrogens with two attached hydrogens (primary N) is 1. The number of primary amides is 1. The molecule has 4 aromatic rings. The van der Waals surface area contributed by atoms with Crippen molar-refractivity contribution in [2.75, 3.05) is 5.32 Å². The van der Waals surface area contributed by atoms with Gasteiger partial charge in [0.1, 0.15) is 5.75 Å². The molecule has 8 nitrogen and oxygen atoms in total. The molecule has 0 unspecified atom stereocenters. The zero-order valence-electron chi connectivity index (χ0n) is 15.4. The van der Waals surface area contributed by atoms with Crippen molar-refractivity contribution in [1.29, 1.82) is 0 Å². The number of aromatic nitrogens is 3. The van der Waals surface area contributed by atoms with Crippen LogP contribution in [-0.2, 0) is 0 Å². The van der Waals surface area contributed by atoms with E-state index in [4.69, 9.17) is 5.73 Å². The number of nitrogens with zero attached hydrogens (tertiary/aromatic N) is 2. The second-order valence-electron chi connectivity index (χ2n) is 6.93. The number of fused-ring (bicyclic) bond motifs is 2. The molecule has 1 aromatic carbocycles. The Balaban J connectivity index is 1.91. The van der Waals surface area contributed by atoms with Crippen LogP contribution in [0.5, 0.6) is 5.75 Å². The average molecular weight is 377 g/mol. The van der Waals surface area contributed by atoms with Crippen LogP contribution in [0.15, 0.2) is 47.5 Å². The van der Waals surface area contributed by atoms with Crippen molar-refractivity contribution in [3.63, 3.8) is 0 Å². The number of amides is 1. The van der Waals surface area contributed by atoms with Gasteiger partial charge in [0.05, 0.1) is 28.5 Å². The summed E-state index contributed by atoms with van der Waals surface area (Å²) in [6.45, 7) is 3.94. The predicted octanol–water partition coefficient (Wildman–Crippen LogP) is 2.47. The summed E-state index contributed by atoms with van der Waals surface area (Å²) in [5, 5.41) is 18.2. The molecule has 0 aliphatic rings. The topological polar surface area (TPSA) is 126 Å². The molecule has 8 heteroatoms. The monoisotopic (exact) mass is 377 g/mol. The van der Waals surface area contributed by atoms with Crippen molar-refractivity contribution in [3.05, 3.63) is 58.6 Å². The standard InChI is InChI=1S/C20H19N5O3/c1-10(2)23-19-14(20(21)28)8-22-25-9-12(6-16(19)25)11-3-4-15-13(5-11)17(26)7-18(27)24-15/h3-10,23H,1-2H3,(H2,21,28)(H2,24,26,27). The van der Waals surface area contributed by atoms with E-state index in [0.717, 1.165) is 17.2 Å². The highest BCUT2D eigenvalue weighted by Crippen LogP contribution is 2.31. The van der Waals surface area contributed by atoms with Crippen LogP contribution in [0.2, 0.25) is 0 Å². The van der Waals surface area contributed by atoms with E-state index in [1.807, 2.05) is 32.2 Å². The van der Waals surface area contributed by atoms with Crippen molar-refractivity contribution in [2.45, 2.75) is 19.9 Å². The molecular formula is C20H19N5O3. The van der Waals surface area contributed by atoms with Gasteiger partial charge >= 0.3 is 0 Å². The lowest BCUT2D eigenvalue weighted by Crippen LogP contribution is -2.19. The van der Waals surface area contributed by atoms with Gasteiger partial charge in [-0.25, -0.2) is 4.52 Å². The fourth-order valence-electron chi connectivity index (χ4n) is 3.26. The highest BCUT2D eigenvalue weighted by molar-refractivity contribution is 6.02. The molecule has 28 heavy (non-hydrogen) atoms. The third-order valence-corrected chi connectivity index (χ3v) is 4.49. The molecule has 142 valence electrons. The largest absolute Gasteiger partial charge is 0.507 e. The molecule has 3 heterocycles. The SMILES string of the molecule is CC(C)Nc1c(C(N)=O)cnn2cc(-c3ccc4[nH]c(=O)cc(O)c4c3)cc12. The number of H-pyrrole nitrogens is 1. The molecule has 3 aromatic heterocycles. The number of rotatable bonds is 4. The predicted molar refractivity (Wildman–Crippen MR) is 108 cm³/mol. The smallest absolute Gasteiger partial charge is 0.252 e. The van der Waals surface area contributed by atoms with Gasteiger partial charge < -0.3 is 21.1 Å². The van der Waals surface area contributed by atoms with Crippen LogP contribution in [0, 0.1) is 0 Å². The molecule has 0 bridgehead atoms. The second-order valence-corrected chi connectivity index (χ2v) is 6.93. The minimum atomic E-state index is -0.555. The number of carbonyl (C=O) groups is 1. The van der Waals surface area contributed by atoms with E-state index < -0.39 is 5.91 Å². The number of aromatic hydroxyl groups is 1. The van der Waals surface area contributed by atoms with Crippen LogP contribution in [0.1, 0.15) is 24.2 Å². The number of aromatic amines is 1. The molecule has 0 saturated heterocycles. The first-order chi connectivity index (χ1) is 13.3. The number of pyridine rings is 1. The molecule has 0 radical (unpaired) electrons. The Morgan fingerprint density at radius 3 is 2.75 bits per heavy atom. The number of benzene rings is 1. The number of anilines is 1. The van der Waals surface area contributed by atoms with Gasteiger partial charge in [-0.3, -0.25) is 9.59 Å². The number of hydrogen-bond donors (Lipinski definition) is 4. The molecule has 0 fully saturated rings. The Morgan fingerprint density at radius 2 is 2.04 bits per heavy atom. The quantitative estimate of drug-likeness (QED) is 0.435. The average Bonchev–Trinajstić information content (AvgIpc) is 3.05. The first-order valence-corrected chi connectivity index (χ1v) is 8.77. The van der Waals surface area contributed by atoms with Crippen LogP contribution < -0.4 is 16.6 Å². The van der Waals surface area contributed by atoms with Gasteiger partial charge in [-0.1, -0.05) is 6.07 Å². The Hall–Kier alpha value is -3.81. The minimum Gasteiger partial charge on any atom is -0.507 e. The second kappa shape index (κ2) is 6.41. The van der Waals surface area contributed by atoms with E-state index >= 15 is 0 Å². The van der Waals surface area contributed by atoms with E-state index in [0.29, 0.717) is 27.7 Å². The third kappa shape index (κ3) is 2.94. The number of carbonyl (C=O) groups excluding carboxylic acids is 1. The summed E-state index contributed by atoms with van der Waals surface area (Å²) in [6.07, 6.45) is 3.27. The van der Waals surface area contributed by atoms with E-state index in [2.05, 4.69) is 15.4 Å². The molecule has 4 rings (SSSR count). The van der Waals surface area contributed by atoms with Gasteiger partial charge in [0.25, 0.3) is 11.5 Å². The lowest BCUT2D eigenvalue weighted by atomic mass is 10.1. The van der Waals surface area contributed by atoms with Gasteiger partial charge in [0, 0.05) is 29.3 Å². The number of hydrogen-bond acceptors (Lipinski definition) is 5. The van der Waals surface area contributed by atoms with E-state index in [-0.39, 0.29) is 17.4 Å². The highest BCUT2D eigenvalue weighted by Gasteiger charge is 2.16. The highest BCUT2D eigenvalue weighted by atomic mass is 16.3. The maximum absolute atomic E-state index is 11.8. The molecule has 0 atom stereocenters. The third-order valence-electron chi connectivity index (χ3n) is 4.49. The van der Waals surface area contributed by atoms with Crippen molar-refractivity contribution >= 4 is 28.0 Å². The molecule has 1 amide bonds.